The van der Waals surface area contributed by atoms with Crippen LogP contribution in [0, 0.1) is 0 Å². The number of aromatic nitrogens is 1. The number of carbonyl (C=O) groups is 2. The molecule has 19 heavy (non-hydrogen) atoms. The van der Waals surface area contributed by atoms with Crippen LogP contribution in [0.5, 0.6) is 0 Å². The van der Waals surface area contributed by atoms with Crippen LogP contribution in [0.15, 0.2) is 12.1 Å². The summed E-state index contributed by atoms with van der Waals surface area (Å²) in [5.74, 6) is -0.746. The Kier molecular flexibility index (Phi) is 4.04. The number of methoxy groups -OCH3 is 1. The SMILES string of the molecule is CCOC(=O)c1cc2c([nH]1)/C(=C/C(=O)OC)CCC2. The lowest BCUT2D eigenvalue weighted by molar-refractivity contribution is -0.134. The van der Waals surface area contributed by atoms with Crippen LogP contribution in [0.4, 0.5) is 0 Å². The number of H-pyrrole nitrogens is 1. The van der Waals surface area contributed by atoms with Crippen molar-refractivity contribution in [1.82, 2.24) is 4.98 Å². The summed E-state index contributed by atoms with van der Waals surface area (Å²) in [6.45, 7) is 2.11. The molecule has 0 spiro atoms. The Hall–Kier alpha value is -2.04. The Labute approximate surface area is 111 Å². The fourth-order valence-electron chi connectivity index (χ4n) is 2.24. The maximum atomic E-state index is 11.7. The van der Waals surface area contributed by atoms with E-state index in [0.29, 0.717) is 12.3 Å². The number of hydrogen-bond donors (Lipinski definition) is 1. The van der Waals surface area contributed by atoms with Crippen LogP contribution in [-0.2, 0) is 20.7 Å². The van der Waals surface area contributed by atoms with E-state index < -0.39 is 0 Å². The molecular formula is C14H17NO4. The topological polar surface area (TPSA) is 68.4 Å². The Bertz CT molecular complexity index is 528. The van der Waals surface area contributed by atoms with E-state index in [9.17, 15) is 9.59 Å². The van der Waals surface area contributed by atoms with Crippen molar-refractivity contribution in [1.29, 1.82) is 0 Å². The lowest BCUT2D eigenvalue weighted by Gasteiger charge is -2.14. The van der Waals surface area contributed by atoms with Crippen LogP contribution < -0.4 is 0 Å². The first kappa shape index (κ1) is 13.4. The highest BCUT2D eigenvalue weighted by Crippen LogP contribution is 2.31. The summed E-state index contributed by atoms with van der Waals surface area (Å²) >= 11 is 0. The van der Waals surface area contributed by atoms with Crippen LogP contribution in [0.25, 0.3) is 5.57 Å². The molecule has 102 valence electrons. The van der Waals surface area contributed by atoms with Crippen LogP contribution in [0.3, 0.4) is 0 Å². The minimum atomic E-state index is -0.380. The average Bonchev–Trinajstić information content (AvgIpc) is 2.84. The maximum Gasteiger partial charge on any atom is 0.354 e. The molecule has 2 rings (SSSR count). The molecule has 0 saturated carbocycles. The van der Waals surface area contributed by atoms with E-state index in [2.05, 4.69) is 9.72 Å². The first-order valence-electron chi connectivity index (χ1n) is 6.33. The third-order valence-electron chi connectivity index (χ3n) is 3.10. The first-order chi connectivity index (χ1) is 9.15. The van der Waals surface area contributed by atoms with E-state index in [-0.39, 0.29) is 11.9 Å². The molecule has 5 heteroatoms. The third-order valence-corrected chi connectivity index (χ3v) is 3.10. The van der Waals surface area contributed by atoms with Gasteiger partial charge in [-0.1, -0.05) is 0 Å². The normalized spacial score (nSPS) is 16.0. The Balaban J connectivity index is 2.32. The minimum absolute atomic E-state index is 0.341. The molecule has 0 saturated heterocycles. The lowest BCUT2D eigenvalue weighted by atomic mass is 9.93. The Morgan fingerprint density at radius 1 is 1.42 bits per heavy atom. The predicted molar refractivity (Wildman–Crippen MR) is 69.7 cm³/mol. The van der Waals surface area contributed by atoms with Gasteiger partial charge in [0.05, 0.1) is 13.7 Å². The minimum Gasteiger partial charge on any atom is -0.466 e. The molecule has 0 atom stereocenters. The summed E-state index contributed by atoms with van der Waals surface area (Å²) in [7, 11) is 1.35. The van der Waals surface area contributed by atoms with Crippen LogP contribution >= 0.6 is 0 Å². The second-order valence-corrected chi connectivity index (χ2v) is 4.35. The predicted octanol–water partition coefficient (Wildman–Crippen LogP) is 2.08. The van der Waals surface area contributed by atoms with Crippen molar-refractivity contribution in [3.8, 4) is 0 Å². The number of fused-ring (bicyclic) bond motifs is 1. The van der Waals surface area contributed by atoms with Gasteiger partial charge < -0.3 is 14.5 Å². The van der Waals surface area contributed by atoms with E-state index in [4.69, 9.17) is 4.74 Å². The zero-order valence-corrected chi connectivity index (χ0v) is 11.1. The summed E-state index contributed by atoms with van der Waals surface area (Å²) in [6, 6.07) is 1.80. The van der Waals surface area contributed by atoms with Crippen molar-refractivity contribution in [2.24, 2.45) is 0 Å². The van der Waals surface area contributed by atoms with Crippen molar-refractivity contribution < 1.29 is 19.1 Å². The van der Waals surface area contributed by atoms with E-state index >= 15 is 0 Å². The van der Waals surface area contributed by atoms with Crippen LogP contribution in [0.1, 0.15) is 41.5 Å². The summed E-state index contributed by atoms with van der Waals surface area (Å²) in [4.78, 5) is 26.1. The van der Waals surface area contributed by atoms with Gasteiger partial charge in [-0.05, 0) is 43.4 Å². The zero-order valence-electron chi connectivity index (χ0n) is 11.1. The van der Waals surface area contributed by atoms with Gasteiger partial charge >= 0.3 is 11.9 Å². The number of aromatic amines is 1. The lowest BCUT2D eigenvalue weighted by Crippen LogP contribution is -2.05. The van der Waals surface area contributed by atoms with E-state index in [1.807, 2.05) is 0 Å². The molecule has 1 heterocycles. The number of allylic oxidation sites excluding steroid dienone is 1. The van der Waals surface area contributed by atoms with Crippen LogP contribution in [-0.4, -0.2) is 30.6 Å². The highest BCUT2D eigenvalue weighted by molar-refractivity contribution is 5.93. The molecule has 0 fully saturated rings. The molecule has 0 radical (unpaired) electrons. The number of hydrogen-bond acceptors (Lipinski definition) is 4. The molecule has 0 amide bonds. The van der Waals surface area contributed by atoms with Gasteiger partial charge in [0, 0.05) is 11.8 Å². The van der Waals surface area contributed by atoms with Crippen LogP contribution in [0.2, 0.25) is 0 Å². The number of rotatable bonds is 3. The quantitative estimate of drug-likeness (QED) is 0.669. The van der Waals surface area contributed by atoms with Crippen molar-refractivity contribution in [2.45, 2.75) is 26.2 Å². The molecule has 1 aromatic heterocycles. The summed E-state index contributed by atoms with van der Waals surface area (Å²) < 4.78 is 9.60. The van der Waals surface area contributed by atoms with Gasteiger partial charge in [-0.25, -0.2) is 9.59 Å². The number of aryl methyl sites for hydroxylation is 1. The van der Waals surface area contributed by atoms with E-state index in [1.165, 1.54) is 13.2 Å². The maximum absolute atomic E-state index is 11.7. The molecular weight excluding hydrogens is 246 g/mol. The highest BCUT2D eigenvalue weighted by Gasteiger charge is 2.21. The molecule has 1 aromatic rings. The Morgan fingerprint density at radius 2 is 2.21 bits per heavy atom. The summed E-state index contributed by atoms with van der Waals surface area (Å²) in [6.07, 6.45) is 4.12. The van der Waals surface area contributed by atoms with E-state index in [1.54, 1.807) is 13.0 Å². The standard InChI is InChI=1S/C14H17NO4/c1-3-19-14(17)11-7-9-5-4-6-10(13(9)15-11)8-12(16)18-2/h7-8,15H,3-6H2,1-2H3/b10-8+. The second kappa shape index (κ2) is 5.73. The Morgan fingerprint density at radius 3 is 2.89 bits per heavy atom. The van der Waals surface area contributed by atoms with Gasteiger partial charge in [-0.3, -0.25) is 0 Å². The number of nitrogens with one attached hydrogen (secondary N) is 1. The molecule has 5 nitrogen and oxygen atoms in total. The fraction of sp³-hybridized carbons (Fsp3) is 0.429. The monoisotopic (exact) mass is 263 g/mol. The fourth-order valence-corrected chi connectivity index (χ4v) is 2.24. The van der Waals surface area contributed by atoms with Gasteiger partial charge in [0.25, 0.3) is 0 Å². The van der Waals surface area contributed by atoms with Gasteiger partial charge in [0.1, 0.15) is 5.69 Å². The summed E-state index contributed by atoms with van der Waals surface area (Å²) in [5, 5.41) is 0. The third kappa shape index (κ3) is 2.86. The smallest absolute Gasteiger partial charge is 0.354 e. The number of ether oxygens (including phenoxy) is 2. The van der Waals surface area contributed by atoms with Gasteiger partial charge in [0.15, 0.2) is 0 Å². The largest absolute Gasteiger partial charge is 0.466 e. The van der Waals surface area contributed by atoms with Crippen molar-refractivity contribution in [3.63, 3.8) is 0 Å². The van der Waals surface area contributed by atoms with E-state index in [0.717, 1.165) is 36.1 Å². The van der Waals surface area contributed by atoms with Gasteiger partial charge in [-0.15, -0.1) is 0 Å². The van der Waals surface area contributed by atoms with Crippen molar-refractivity contribution in [2.75, 3.05) is 13.7 Å². The second-order valence-electron chi connectivity index (χ2n) is 4.35. The van der Waals surface area contributed by atoms with Crippen molar-refractivity contribution in [3.05, 3.63) is 29.1 Å². The zero-order chi connectivity index (χ0) is 13.8. The summed E-state index contributed by atoms with van der Waals surface area (Å²) in [5.41, 5.74) is 3.21. The molecule has 1 N–H and O–H groups in total. The molecule has 0 aromatic carbocycles. The highest BCUT2D eigenvalue weighted by atomic mass is 16.5. The molecule has 0 unspecified atom stereocenters. The average molecular weight is 263 g/mol. The molecule has 0 bridgehead atoms. The molecule has 1 aliphatic rings. The van der Waals surface area contributed by atoms with Gasteiger partial charge in [0.2, 0.25) is 0 Å². The molecule has 0 aliphatic heterocycles. The van der Waals surface area contributed by atoms with Crippen molar-refractivity contribution >= 4 is 17.5 Å². The number of esters is 2. The number of carbonyl (C=O) groups excluding carboxylic acids is 2. The molecule has 1 aliphatic carbocycles. The first-order valence-corrected chi connectivity index (χ1v) is 6.33. The van der Waals surface area contributed by atoms with Gasteiger partial charge in [-0.2, -0.15) is 0 Å².